The van der Waals surface area contributed by atoms with Gasteiger partial charge >= 0.3 is 12.1 Å². The predicted octanol–water partition coefficient (Wildman–Crippen LogP) is 8.60. The quantitative estimate of drug-likeness (QED) is 0.197. The summed E-state index contributed by atoms with van der Waals surface area (Å²) < 4.78 is 12.1. The number of carboxylic acid groups (broad SMARTS) is 1. The molecule has 238 valence electrons. The number of carbonyl (C=O) groups is 3. The lowest BCUT2D eigenvalue weighted by Gasteiger charge is -2.32. The summed E-state index contributed by atoms with van der Waals surface area (Å²) in [4.78, 5) is 41.4. The van der Waals surface area contributed by atoms with Crippen LogP contribution in [0.2, 0.25) is 5.02 Å². The summed E-state index contributed by atoms with van der Waals surface area (Å²) in [5.74, 6) is -0.279. The van der Waals surface area contributed by atoms with Crippen molar-refractivity contribution in [2.45, 2.75) is 52.2 Å². The molecule has 9 heteroatoms. The Morgan fingerprint density at radius 3 is 2.30 bits per heavy atom. The van der Waals surface area contributed by atoms with Crippen molar-refractivity contribution in [3.63, 3.8) is 0 Å². The first kappa shape index (κ1) is 32.6. The molecule has 0 atom stereocenters. The van der Waals surface area contributed by atoms with Crippen molar-refractivity contribution in [2.24, 2.45) is 0 Å². The molecule has 0 fully saturated rings. The van der Waals surface area contributed by atoms with Gasteiger partial charge in [0.2, 0.25) is 0 Å². The molecule has 1 heterocycles. The lowest BCUT2D eigenvalue weighted by molar-refractivity contribution is -0.137. The fraction of sp³-hybridized carbons (Fsp3) is 0.270. The van der Waals surface area contributed by atoms with E-state index in [1.54, 1.807) is 40.1 Å². The molecule has 0 aliphatic carbocycles. The lowest BCUT2D eigenvalue weighted by atomic mass is 9.99. The van der Waals surface area contributed by atoms with Crippen LogP contribution in [-0.4, -0.2) is 46.7 Å². The van der Waals surface area contributed by atoms with Crippen LogP contribution in [0.4, 0.5) is 10.5 Å². The highest BCUT2D eigenvalue weighted by Gasteiger charge is 2.28. The van der Waals surface area contributed by atoms with Crippen LogP contribution >= 0.6 is 11.6 Å². The van der Waals surface area contributed by atoms with Gasteiger partial charge in [-0.25, -0.2) is 4.79 Å². The van der Waals surface area contributed by atoms with E-state index in [0.29, 0.717) is 47.3 Å². The van der Waals surface area contributed by atoms with Gasteiger partial charge in [-0.3, -0.25) is 9.59 Å². The molecule has 0 bridgehead atoms. The van der Waals surface area contributed by atoms with Crippen molar-refractivity contribution < 1.29 is 29.0 Å². The van der Waals surface area contributed by atoms with Gasteiger partial charge in [0.25, 0.3) is 5.91 Å². The van der Waals surface area contributed by atoms with Crippen molar-refractivity contribution in [3.05, 3.63) is 113 Å². The molecule has 4 aromatic rings. The standard InChI is InChI=1S/C37H37ClN2O6/c1-37(2,3)46-36(44)39-22-20-30-28(24-39)11-7-12-32(30)45-33-23-29(38)18-19-31(33)40(21-8-13-34(41)42)35(43)27-16-14-26(15-17-27)25-9-5-4-6-10-25/h4-7,9-12,14-19,23H,8,13,20-22,24H2,1-3H3,(H,41,42). The second-order valence-electron chi connectivity index (χ2n) is 12.2. The van der Waals surface area contributed by atoms with Gasteiger partial charge in [-0.15, -0.1) is 0 Å². The zero-order valence-electron chi connectivity index (χ0n) is 26.2. The van der Waals surface area contributed by atoms with Gasteiger partial charge < -0.3 is 24.4 Å². The first-order valence-corrected chi connectivity index (χ1v) is 15.6. The average molecular weight is 641 g/mol. The second kappa shape index (κ2) is 14.1. The Morgan fingerprint density at radius 2 is 1.61 bits per heavy atom. The minimum atomic E-state index is -0.941. The molecule has 4 aromatic carbocycles. The molecule has 46 heavy (non-hydrogen) atoms. The third kappa shape index (κ3) is 8.06. The number of ether oxygens (including phenoxy) is 2. The minimum absolute atomic E-state index is 0.0964. The van der Waals surface area contributed by atoms with Gasteiger partial charge in [-0.1, -0.05) is 66.2 Å². The molecule has 1 N–H and O–H groups in total. The molecule has 0 aromatic heterocycles. The lowest BCUT2D eigenvalue weighted by Crippen LogP contribution is -2.39. The first-order valence-electron chi connectivity index (χ1n) is 15.2. The number of halogens is 1. The van der Waals surface area contributed by atoms with Crippen LogP contribution in [0.15, 0.2) is 91.0 Å². The molecular formula is C37H37ClN2O6. The summed E-state index contributed by atoms with van der Waals surface area (Å²) in [6.45, 7) is 6.51. The Kier molecular flexibility index (Phi) is 9.97. The second-order valence-corrected chi connectivity index (χ2v) is 12.6. The molecule has 1 aliphatic rings. The molecular weight excluding hydrogens is 604 g/mol. The molecule has 1 aliphatic heterocycles. The fourth-order valence-electron chi connectivity index (χ4n) is 5.38. The number of amides is 2. The number of rotatable bonds is 9. The van der Waals surface area contributed by atoms with Crippen LogP contribution in [0, 0.1) is 0 Å². The topological polar surface area (TPSA) is 96.4 Å². The van der Waals surface area contributed by atoms with E-state index in [4.69, 9.17) is 21.1 Å². The number of carboxylic acids is 1. The van der Waals surface area contributed by atoms with Crippen LogP contribution in [0.1, 0.15) is 55.1 Å². The van der Waals surface area contributed by atoms with Gasteiger partial charge in [0.05, 0.1) is 5.69 Å². The average Bonchev–Trinajstić information content (AvgIpc) is 3.03. The molecule has 0 radical (unpaired) electrons. The summed E-state index contributed by atoms with van der Waals surface area (Å²) in [6.07, 6.45) is 0.331. The van der Waals surface area contributed by atoms with E-state index >= 15 is 0 Å². The summed E-state index contributed by atoms with van der Waals surface area (Å²) in [5, 5.41) is 9.74. The van der Waals surface area contributed by atoms with E-state index in [1.807, 2.05) is 81.4 Å². The zero-order valence-corrected chi connectivity index (χ0v) is 26.9. The van der Waals surface area contributed by atoms with E-state index in [0.717, 1.165) is 22.3 Å². The van der Waals surface area contributed by atoms with Gasteiger partial charge in [-0.2, -0.15) is 0 Å². The molecule has 0 spiro atoms. The largest absolute Gasteiger partial charge is 0.481 e. The maximum absolute atomic E-state index is 14.0. The maximum atomic E-state index is 14.0. The fourth-order valence-corrected chi connectivity index (χ4v) is 5.54. The predicted molar refractivity (Wildman–Crippen MR) is 179 cm³/mol. The summed E-state index contributed by atoms with van der Waals surface area (Å²) in [6, 6.07) is 27.9. The molecule has 5 rings (SSSR count). The van der Waals surface area contributed by atoms with Crippen LogP contribution in [0.3, 0.4) is 0 Å². The van der Waals surface area contributed by atoms with Crippen molar-refractivity contribution >= 4 is 35.3 Å². The third-order valence-electron chi connectivity index (χ3n) is 7.56. The van der Waals surface area contributed by atoms with Crippen molar-refractivity contribution in [3.8, 4) is 22.6 Å². The number of fused-ring (bicyclic) bond motifs is 1. The minimum Gasteiger partial charge on any atom is -0.481 e. The van der Waals surface area contributed by atoms with Crippen LogP contribution in [-0.2, 0) is 22.5 Å². The molecule has 0 unspecified atom stereocenters. The van der Waals surface area contributed by atoms with E-state index in [-0.39, 0.29) is 31.4 Å². The van der Waals surface area contributed by atoms with Crippen LogP contribution in [0.5, 0.6) is 11.5 Å². The number of hydrogen-bond acceptors (Lipinski definition) is 5. The number of benzene rings is 4. The molecule has 0 saturated carbocycles. The summed E-state index contributed by atoms with van der Waals surface area (Å²) in [5.41, 5.74) is 4.23. The van der Waals surface area contributed by atoms with Gasteiger partial charge in [-0.05, 0) is 80.6 Å². The maximum Gasteiger partial charge on any atom is 0.410 e. The van der Waals surface area contributed by atoms with Gasteiger partial charge in [0, 0.05) is 48.3 Å². The van der Waals surface area contributed by atoms with Crippen molar-refractivity contribution in [1.82, 2.24) is 4.90 Å². The normalized spacial score (nSPS) is 12.7. The Balaban J connectivity index is 1.44. The van der Waals surface area contributed by atoms with E-state index in [9.17, 15) is 19.5 Å². The van der Waals surface area contributed by atoms with Crippen molar-refractivity contribution in [2.75, 3.05) is 18.0 Å². The monoisotopic (exact) mass is 640 g/mol. The zero-order chi connectivity index (χ0) is 32.8. The van der Waals surface area contributed by atoms with Gasteiger partial charge in [0.1, 0.15) is 11.4 Å². The van der Waals surface area contributed by atoms with Crippen LogP contribution < -0.4 is 9.64 Å². The number of nitrogens with zero attached hydrogens (tertiary/aromatic N) is 2. The van der Waals surface area contributed by atoms with Gasteiger partial charge in [0.15, 0.2) is 5.75 Å². The van der Waals surface area contributed by atoms with E-state index in [2.05, 4.69) is 0 Å². The Morgan fingerprint density at radius 1 is 0.891 bits per heavy atom. The molecule has 0 saturated heterocycles. The summed E-state index contributed by atoms with van der Waals surface area (Å²) >= 11 is 6.44. The number of hydrogen-bond donors (Lipinski definition) is 1. The number of anilines is 1. The SMILES string of the molecule is CC(C)(C)OC(=O)N1CCc2c(cccc2Oc2cc(Cl)ccc2N(CCCC(=O)O)C(=O)c2ccc(-c3ccccc3)cc2)C1. The smallest absolute Gasteiger partial charge is 0.410 e. The number of aliphatic carboxylic acids is 1. The highest BCUT2D eigenvalue weighted by atomic mass is 35.5. The van der Waals surface area contributed by atoms with Crippen molar-refractivity contribution in [1.29, 1.82) is 0 Å². The Hall–Kier alpha value is -4.82. The molecule has 8 nitrogen and oxygen atoms in total. The first-order chi connectivity index (χ1) is 22.0. The highest BCUT2D eigenvalue weighted by molar-refractivity contribution is 6.30. The third-order valence-corrected chi connectivity index (χ3v) is 7.80. The Bertz CT molecular complexity index is 1720. The number of carbonyl (C=O) groups excluding carboxylic acids is 2. The highest BCUT2D eigenvalue weighted by Crippen LogP contribution is 2.39. The Labute approximate surface area is 274 Å². The van der Waals surface area contributed by atoms with E-state index < -0.39 is 11.6 Å². The molecule has 2 amide bonds. The van der Waals surface area contributed by atoms with E-state index in [1.165, 1.54) is 0 Å². The van der Waals surface area contributed by atoms with Crippen LogP contribution in [0.25, 0.3) is 11.1 Å². The summed E-state index contributed by atoms with van der Waals surface area (Å²) in [7, 11) is 0.